The lowest BCUT2D eigenvalue weighted by Gasteiger charge is -2.42. The maximum Gasteiger partial charge on any atom is 0.308 e. The maximum atomic E-state index is 13.3. The number of hydrogen-bond acceptors (Lipinski definition) is 3. The Kier molecular flexibility index (Phi) is 8.52. The zero-order chi connectivity index (χ0) is 19.3. The molecule has 0 amide bonds. The summed E-state index contributed by atoms with van der Waals surface area (Å²) in [4.78, 5) is 18.9. The monoisotopic (exact) mass is 503 g/mol. The smallest absolute Gasteiger partial charge is 0.308 e. The quantitative estimate of drug-likeness (QED) is 0.288. The van der Waals surface area contributed by atoms with Crippen molar-refractivity contribution in [2.75, 3.05) is 33.3 Å². The van der Waals surface area contributed by atoms with Crippen LogP contribution in [0.1, 0.15) is 44.6 Å². The van der Waals surface area contributed by atoms with Crippen molar-refractivity contribution in [1.29, 1.82) is 0 Å². The number of methoxy groups -OCH3 is 1. The van der Waals surface area contributed by atoms with Crippen molar-refractivity contribution in [2.24, 2.45) is 10.9 Å². The number of halogens is 2. The number of carbonyl (C=O) groups excluding carboxylic acids is 1. The van der Waals surface area contributed by atoms with Crippen LogP contribution in [0.5, 0.6) is 0 Å². The fourth-order valence-electron chi connectivity index (χ4n) is 4.09. The number of ether oxygens (including phenoxy) is 1. The second-order valence-corrected chi connectivity index (χ2v) is 7.60. The molecule has 1 heterocycles. The number of hydrogen-bond donors (Lipinski definition) is 1. The average molecular weight is 503 g/mol. The number of likely N-dealkylation sites (tertiary alicyclic amines) is 1. The van der Waals surface area contributed by atoms with Crippen LogP contribution >= 0.6 is 24.0 Å². The molecule has 3 rings (SSSR count). The number of rotatable bonds is 5. The Morgan fingerprint density at radius 2 is 1.93 bits per heavy atom. The van der Waals surface area contributed by atoms with Crippen LogP contribution in [0.3, 0.4) is 0 Å². The van der Waals surface area contributed by atoms with Gasteiger partial charge in [0, 0.05) is 25.0 Å². The fourth-order valence-corrected chi connectivity index (χ4v) is 4.09. The molecule has 156 valence electrons. The van der Waals surface area contributed by atoms with Crippen LogP contribution in [0.25, 0.3) is 0 Å². The Hall–Kier alpha value is -1.38. The van der Waals surface area contributed by atoms with Crippen molar-refractivity contribution in [3.05, 3.63) is 35.6 Å². The molecular formula is C21H31FIN3O2. The first kappa shape index (κ1) is 22.9. The second-order valence-electron chi connectivity index (χ2n) is 7.60. The summed E-state index contributed by atoms with van der Waals surface area (Å²) in [6.45, 7) is 5.18. The Morgan fingerprint density at radius 1 is 1.29 bits per heavy atom. The van der Waals surface area contributed by atoms with Gasteiger partial charge in [-0.2, -0.15) is 0 Å². The summed E-state index contributed by atoms with van der Waals surface area (Å²) in [6, 6.07) is 6.89. The predicted octanol–water partition coefficient (Wildman–Crippen LogP) is 3.72. The standard InChI is InChI=1S/C21H30FN3O2.HI/c1-3-23-20(25-13-9-16(10-14-25)19(26)27-2)24-15-21(11-4-12-21)17-5-7-18(22)8-6-17;/h5-8,16H,3-4,9-15H2,1-2H3,(H,23,24);1H. The molecule has 1 N–H and O–H groups in total. The number of carbonyl (C=O) groups is 1. The highest BCUT2D eigenvalue weighted by atomic mass is 127. The van der Waals surface area contributed by atoms with Gasteiger partial charge in [-0.1, -0.05) is 18.6 Å². The number of benzene rings is 1. The average Bonchev–Trinajstić information content (AvgIpc) is 2.67. The van der Waals surface area contributed by atoms with E-state index >= 15 is 0 Å². The second kappa shape index (κ2) is 10.4. The van der Waals surface area contributed by atoms with Gasteiger partial charge in [-0.3, -0.25) is 9.79 Å². The van der Waals surface area contributed by atoms with E-state index in [4.69, 9.17) is 9.73 Å². The van der Waals surface area contributed by atoms with Crippen LogP contribution in [-0.4, -0.2) is 50.1 Å². The molecule has 0 unspecified atom stereocenters. The van der Waals surface area contributed by atoms with Crippen molar-refractivity contribution >= 4 is 35.9 Å². The van der Waals surface area contributed by atoms with Gasteiger partial charge in [0.2, 0.25) is 0 Å². The van der Waals surface area contributed by atoms with Crippen molar-refractivity contribution in [1.82, 2.24) is 10.2 Å². The molecule has 1 aliphatic carbocycles. The van der Waals surface area contributed by atoms with Crippen molar-refractivity contribution < 1.29 is 13.9 Å². The Labute approximate surface area is 184 Å². The number of aliphatic imine (C=N–C) groups is 1. The minimum Gasteiger partial charge on any atom is -0.469 e. The van der Waals surface area contributed by atoms with E-state index in [1.54, 1.807) is 12.1 Å². The molecule has 1 aliphatic heterocycles. The van der Waals surface area contributed by atoms with Crippen LogP contribution in [0.4, 0.5) is 4.39 Å². The largest absolute Gasteiger partial charge is 0.469 e. The van der Waals surface area contributed by atoms with E-state index in [-0.39, 0.29) is 47.1 Å². The van der Waals surface area contributed by atoms with Gasteiger partial charge >= 0.3 is 5.97 Å². The van der Waals surface area contributed by atoms with Crippen LogP contribution in [0, 0.1) is 11.7 Å². The first-order chi connectivity index (χ1) is 13.1. The van der Waals surface area contributed by atoms with E-state index in [9.17, 15) is 9.18 Å². The van der Waals surface area contributed by atoms with Gasteiger partial charge in [-0.15, -0.1) is 24.0 Å². The normalized spacial score (nSPS) is 19.4. The van der Waals surface area contributed by atoms with E-state index < -0.39 is 0 Å². The highest BCUT2D eigenvalue weighted by molar-refractivity contribution is 14.0. The molecule has 1 aromatic rings. The van der Waals surface area contributed by atoms with E-state index in [2.05, 4.69) is 17.1 Å². The third kappa shape index (κ3) is 5.15. The van der Waals surface area contributed by atoms with Gasteiger partial charge < -0.3 is 15.0 Å². The number of piperidine rings is 1. The lowest BCUT2D eigenvalue weighted by atomic mass is 9.64. The Balaban J connectivity index is 0.00000280. The summed E-state index contributed by atoms with van der Waals surface area (Å²) in [6.07, 6.45) is 4.95. The third-order valence-corrected chi connectivity index (χ3v) is 5.96. The highest BCUT2D eigenvalue weighted by Gasteiger charge is 2.39. The van der Waals surface area contributed by atoms with Crippen LogP contribution in [0.15, 0.2) is 29.3 Å². The summed E-state index contributed by atoms with van der Waals surface area (Å²) < 4.78 is 18.2. The predicted molar refractivity (Wildman–Crippen MR) is 120 cm³/mol. The van der Waals surface area contributed by atoms with Crippen molar-refractivity contribution in [3.63, 3.8) is 0 Å². The maximum absolute atomic E-state index is 13.3. The topological polar surface area (TPSA) is 53.9 Å². The van der Waals surface area contributed by atoms with Gasteiger partial charge in [-0.05, 0) is 50.3 Å². The number of nitrogens with one attached hydrogen (secondary N) is 1. The molecule has 2 fully saturated rings. The van der Waals surface area contributed by atoms with Gasteiger partial charge in [0.1, 0.15) is 5.82 Å². The molecule has 1 aromatic carbocycles. The van der Waals surface area contributed by atoms with Gasteiger partial charge in [0.25, 0.3) is 0 Å². The molecule has 0 atom stereocenters. The lowest BCUT2D eigenvalue weighted by molar-refractivity contribution is -0.146. The summed E-state index contributed by atoms with van der Waals surface area (Å²) in [5, 5.41) is 3.39. The molecule has 0 aromatic heterocycles. The van der Waals surface area contributed by atoms with E-state index in [1.165, 1.54) is 19.1 Å². The molecule has 0 radical (unpaired) electrons. The first-order valence-corrected chi connectivity index (χ1v) is 9.95. The molecule has 28 heavy (non-hydrogen) atoms. The molecule has 2 aliphatic rings. The Morgan fingerprint density at radius 3 is 2.43 bits per heavy atom. The molecule has 5 nitrogen and oxygen atoms in total. The first-order valence-electron chi connectivity index (χ1n) is 9.95. The lowest BCUT2D eigenvalue weighted by Crippen LogP contribution is -2.47. The van der Waals surface area contributed by atoms with Crippen LogP contribution in [-0.2, 0) is 14.9 Å². The minimum atomic E-state index is -0.196. The fraction of sp³-hybridized carbons (Fsp3) is 0.619. The minimum absolute atomic E-state index is 0. The van der Waals surface area contributed by atoms with Crippen molar-refractivity contribution in [2.45, 2.75) is 44.4 Å². The summed E-state index contributed by atoms with van der Waals surface area (Å²) in [5.41, 5.74) is 1.21. The summed E-state index contributed by atoms with van der Waals surface area (Å²) in [5.74, 6) is 0.598. The number of esters is 1. The highest BCUT2D eigenvalue weighted by Crippen LogP contribution is 2.44. The van der Waals surface area contributed by atoms with Gasteiger partial charge in [0.05, 0.1) is 19.6 Å². The van der Waals surface area contributed by atoms with Gasteiger partial charge in [0.15, 0.2) is 5.96 Å². The third-order valence-electron chi connectivity index (χ3n) is 5.96. The molecule has 1 saturated carbocycles. The van der Waals surface area contributed by atoms with E-state index in [1.807, 2.05) is 12.1 Å². The number of guanidine groups is 1. The SMILES string of the molecule is CCNC(=NCC1(c2ccc(F)cc2)CCC1)N1CCC(C(=O)OC)CC1.I. The van der Waals surface area contributed by atoms with Crippen LogP contribution < -0.4 is 5.32 Å². The van der Waals surface area contributed by atoms with E-state index in [0.717, 1.165) is 51.3 Å². The Bertz CT molecular complexity index is 669. The number of nitrogens with zero attached hydrogens (tertiary/aromatic N) is 2. The molecular weight excluding hydrogens is 472 g/mol. The molecule has 7 heteroatoms. The molecule has 0 bridgehead atoms. The van der Waals surface area contributed by atoms with Crippen molar-refractivity contribution in [3.8, 4) is 0 Å². The summed E-state index contributed by atoms with van der Waals surface area (Å²) >= 11 is 0. The molecule has 0 spiro atoms. The molecule has 1 saturated heterocycles. The zero-order valence-electron chi connectivity index (χ0n) is 16.7. The van der Waals surface area contributed by atoms with Crippen LogP contribution in [0.2, 0.25) is 0 Å². The zero-order valence-corrected chi connectivity index (χ0v) is 19.1. The van der Waals surface area contributed by atoms with Gasteiger partial charge in [-0.25, -0.2) is 4.39 Å². The van der Waals surface area contributed by atoms with E-state index in [0.29, 0.717) is 6.54 Å². The summed E-state index contributed by atoms with van der Waals surface area (Å²) in [7, 11) is 1.45.